The van der Waals surface area contributed by atoms with Crippen molar-refractivity contribution >= 4 is 34.9 Å². The maximum Gasteiger partial charge on any atom is 0.306 e. The van der Waals surface area contributed by atoms with Crippen molar-refractivity contribution < 1.29 is 24.0 Å². The lowest BCUT2D eigenvalue weighted by molar-refractivity contribution is -0.383. The second-order valence-electron chi connectivity index (χ2n) is 5.44. The third kappa shape index (κ3) is 5.96. The van der Waals surface area contributed by atoms with E-state index in [9.17, 15) is 19.7 Å². The van der Waals surface area contributed by atoms with Gasteiger partial charge in [-0.15, -0.1) is 0 Å². The van der Waals surface area contributed by atoms with Crippen molar-refractivity contribution in [2.75, 3.05) is 19.0 Å². The van der Waals surface area contributed by atoms with Gasteiger partial charge in [-0.25, -0.2) is 0 Å². The normalized spacial score (nSPS) is 10.1. The van der Waals surface area contributed by atoms with Crippen LogP contribution in [0.25, 0.3) is 0 Å². The third-order valence-electron chi connectivity index (χ3n) is 3.58. The number of nitrogens with one attached hydrogen (secondary N) is 1. The van der Waals surface area contributed by atoms with Crippen molar-refractivity contribution in [3.05, 3.63) is 63.2 Å². The van der Waals surface area contributed by atoms with Crippen LogP contribution in [-0.4, -0.2) is 30.5 Å². The summed E-state index contributed by atoms with van der Waals surface area (Å²) in [5, 5.41) is 13.5. The Hall–Kier alpha value is -3.13. The summed E-state index contributed by atoms with van der Waals surface area (Å²) < 4.78 is 10.1. The molecule has 1 N–H and O–H groups in total. The first-order valence-electron chi connectivity index (χ1n) is 7.92. The minimum atomic E-state index is -0.703. The number of anilines is 1. The Balaban J connectivity index is 1.86. The van der Waals surface area contributed by atoms with Gasteiger partial charge >= 0.3 is 5.97 Å². The smallest absolute Gasteiger partial charge is 0.306 e. The molecule has 0 aromatic heterocycles. The third-order valence-corrected chi connectivity index (χ3v) is 3.82. The molecule has 142 valence electrons. The molecule has 27 heavy (non-hydrogen) atoms. The number of hydrogen-bond acceptors (Lipinski definition) is 6. The summed E-state index contributed by atoms with van der Waals surface area (Å²) in [5.41, 5.74) is 0.466. The topological polar surface area (TPSA) is 108 Å². The Morgan fingerprint density at radius 2 is 1.96 bits per heavy atom. The van der Waals surface area contributed by atoms with E-state index in [4.69, 9.17) is 21.1 Å². The molecule has 0 saturated carbocycles. The average Bonchev–Trinajstić information content (AvgIpc) is 2.64. The van der Waals surface area contributed by atoms with E-state index >= 15 is 0 Å². The number of ether oxygens (including phenoxy) is 2. The fourth-order valence-electron chi connectivity index (χ4n) is 2.32. The Labute approximate surface area is 160 Å². The number of aryl methyl sites for hydroxylation is 1. The zero-order chi connectivity index (χ0) is 19.8. The molecule has 0 unspecified atom stereocenters. The molecule has 0 aliphatic heterocycles. The van der Waals surface area contributed by atoms with Crippen molar-refractivity contribution in [1.82, 2.24) is 0 Å². The fourth-order valence-corrected chi connectivity index (χ4v) is 2.49. The van der Waals surface area contributed by atoms with Gasteiger partial charge < -0.3 is 14.8 Å². The minimum Gasteiger partial charge on any atom is -0.496 e. The number of amides is 1. The van der Waals surface area contributed by atoms with Gasteiger partial charge in [-0.3, -0.25) is 19.7 Å². The summed E-state index contributed by atoms with van der Waals surface area (Å²) in [6, 6.07) is 11.0. The number of carbonyl (C=O) groups is 2. The van der Waals surface area contributed by atoms with E-state index in [1.165, 1.54) is 25.3 Å². The van der Waals surface area contributed by atoms with Crippen LogP contribution in [0.2, 0.25) is 5.02 Å². The van der Waals surface area contributed by atoms with E-state index in [1.807, 2.05) is 18.2 Å². The van der Waals surface area contributed by atoms with Gasteiger partial charge in [0.1, 0.15) is 11.4 Å². The van der Waals surface area contributed by atoms with Crippen LogP contribution in [-0.2, 0) is 20.7 Å². The molecule has 0 fully saturated rings. The highest BCUT2D eigenvalue weighted by Gasteiger charge is 2.17. The second kappa shape index (κ2) is 9.54. The van der Waals surface area contributed by atoms with E-state index in [2.05, 4.69) is 5.32 Å². The maximum atomic E-state index is 11.9. The number of para-hydroxylation sites is 1. The molecule has 9 heteroatoms. The Bertz CT molecular complexity index is 855. The summed E-state index contributed by atoms with van der Waals surface area (Å²) in [5.74, 6) is -0.612. The van der Waals surface area contributed by atoms with Gasteiger partial charge in [-0.1, -0.05) is 29.8 Å². The first-order valence-corrected chi connectivity index (χ1v) is 8.30. The standard InChI is InChI=1S/C18H17ClN2O6/c1-26-16-5-3-2-4-12(16)6-9-18(23)27-11-17(22)20-14-10-13(19)7-8-15(14)21(24)25/h2-5,7-8,10H,6,9,11H2,1H3,(H,20,22). The minimum absolute atomic E-state index is 0.0605. The first kappa shape index (κ1) is 20.2. The van der Waals surface area contributed by atoms with E-state index in [0.717, 1.165) is 5.56 Å². The number of nitro benzene ring substituents is 1. The molecule has 0 aliphatic carbocycles. The van der Waals surface area contributed by atoms with E-state index < -0.39 is 23.4 Å². The Morgan fingerprint density at radius 3 is 2.67 bits per heavy atom. The molecule has 2 aromatic rings. The molecular weight excluding hydrogens is 376 g/mol. The van der Waals surface area contributed by atoms with Crippen molar-refractivity contribution in [2.45, 2.75) is 12.8 Å². The van der Waals surface area contributed by atoms with Crippen LogP contribution < -0.4 is 10.1 Å². The summed E-state index contributed by atoms with van der Waals surface area (Å²) in [6.45, 7) is -0.561. The SMILES string of the molecule is COc1ccccc1CCC(=O)OCC(=O)Nc1cc(Cl)ccc1[N+](=O)[O-]. The Morgan fingerprint density at radius 1 is 1.22 bits per heavy atom. The molecule has 0 bridgehead atoms. The van der Waals surface area contributed by atoms with Crippen LogP contribution in [0.1, 0.15) is 12.0 Å². The highest BCUT2D eigenvalue weighted by atomic mass is 35.5. The zero-order valence-electron chi connectivity index (χ0n) is 14.4. The highest BCUT2D eigenvalue weighted by Crippen LogP contribution is 2.27. The lowest BCUT2D eigenvalue weighted by Crippen LogP contribution is -2.21. The zero-order valence-corrected chi connectivity index (χ0v) is 15.2. The molecule has 0 atom stereocenters. The Kier molecular flexibility index (Phi) is 7.13. The summed E-state index contributed by atoms with van der Waals surface area (Å²) in [4.78, 5) is 34.1. The van der Waals surface area contributed by atoms with Gasteiger partial charge in [0.25, 0.3) is 11.6 Å². The number of halogens is 1. The summed E-state index contributed by atoms with van der Waals surface area (Å²) in [7, 11) is 1.54. The predicted octanol–water partition coefficient (Wildman–Crippen LogP) is 3.37. The predicted molar refractivity (Wildman–Crippen MR) is 99.0 cm³/mol. The fraction of sp³-hybridized carbons (Fsp3) is 0.222. The number of carbonyl (C=O) groups excluding carboxylic acids is 2. The second-order valence-corrected chi connectivity index (χ2v) is 5.88. The quantitative estimate of drug-likeness (QED) is 0.419. The number of methoxy groups -OCH3 is 1. The van der Waals surface area contributed by atoms with Crippen molar-refractivity contribution in [1.29, 1.82) is 0 Å². The molecule has 2 rings (SSSR count). The molecule has 0 aliphatic rings. The van der Waals surface area contributed by atoms with E-state index in [0.29, 0.717) is 12.2 Å². The molecule has 8 nitrogen and oxygen atoms in total. The van der Waals surface area contributed by atoms with Crippen molar-refractivity contribution in [3.8, 4) is 5.75 Å². The molecule has 0 radical (unpaired) electrons. The van der Waals surface area contributed by atoms with E-state index in [1.54, 1.807) is 6.07 Å². The molecule has 2 aromatic carbocycles. The first-order chi connectivity index (χ1) is 12.9. The molecule has 0 heterocycles. The van der Waals surface area contributed by atoms with Crippen LogP contribution >= 0.6 is 11.6 Å². The van der Waals surface area contributed by atoms with Crippen LogP contribution in [0.5, 0.6) is 5.75 Å². The molecule has 1 amide bonds. The summed E-state index contributed by atoms with van der Waals surface area (Å²) >= 11 is 5.79. The average molecular weight is 393 g/mol. The van der Waals surface area contributed by atoms with Gasteiger partial charge in [-0.2, -0.15) is 0 Å². The van der Waals surface area contributed by atoms with Crippen LogP contribution in [0.4, 0.5) is 11.4 Å². The van der Waals surface area contributed by atoms with Gasteiger partial charge in [0.15, 0.2) is 6.61 Å². The largest absolute Gasteiger partial charge is 0.496 e. The van der Waals surface area contributed by atoms with Crippen LogP contribution in [0, 0.1) is 10.1 Å². The lowest BCUT2D eigenvalue weighted by Gasteiger charge is -2.09. The van der Waals surface area contributed by atoms with Gasteiger partial charge in [0, 0.05) is 17.5 Å². The molecular formula is C18H17ClN2O6. The number of nitrogens with zero attached hydrogens (tertiary/aromatic N) is 1. The van der Waals surface area contributed by atoms with Gasteiger partial charge in [0.2, 0.25) is 0 Å². The van der Waals surface area contributed by atoms with Gasteiger partial charge in [-0.05, 0) is 30.2 Å². The number of esters is 1. The van der Waals surface area contributed by atoms with E-state index in [-0.39, 0.29) is 22.8 Å². The molecule has 0 spiro atoms. The number of benzene rings is 2. The van der Waals surface area contributed by atoms with Crippen LogP contribution in [0.3, 0.4) is 0 Å². The summed E-state index contributed by atoms with van der Waals surface area (Å²) in [6.07, 6.45) is 0.454. The van der Waals surface area contributed by atoms with Crippen molar-refractivity contribution in [3.63, 3.8) is 0 Å². The number of rotatable bonds is 8. The van der Waals surface area contributed by atoms with Crippen molar-refractivity contribution in [2.24, 2.45) is 0 Å². The monoisotopic (exact) mass is 392 g/mol. The maximum absolute atomic E-state index is 11.9. The highest BCUT2D eigenvalue weighted by molar-refractivity contribution is 6.31. The number of hydrogen-bond donors (Lipinski definition) is 1. The lowest BCUT2D eigenvalue weighted by atomic mass is 10.1. The van der Waals surface area contributed by atoms with Crippen LogP contribution in [0.15, 0.2) is 42.5 Å². The van der Waals surface area contributed by atoms with Gasteiger partial charge in [0.05, 0.1) is 12.0 Å². The molecule has 0 saturated heterocycles. The number of nitro groups is 1.